The molecule has 1 atom stereocenters. The van der Waals surface area contributed by atoms with Gasteiger partial charge >= 0.3 is 0 Å². The smallest absolute Gasteiger partial charge is 0.219 e. The van der Waals surface area contributed by atoms with Crippen LogP contribution in [0.3, 0.4) is 0 Å². The molecule has 0 unspecified atom stereocenters. The molecule has 1 heterocycles. The first-order valence-corrected chi connectivity index (χ1v) is 5.87. The standard InChI is InChI=1S/C12H24N2O/c1-10(15)14-7-5-6-11(8-14)13-9-12(2,3)4/h11,13H,5-9H2,1-4H3/t11-/m1/s1. The molecule has 88 valence electrons. The summed E-state index contributed by atoms with van der Waals surface area (Å²) in [6.45, 7) is 11.2. The van der Waals surface area contributed by atoms with Crippen LogP contribution in [0.15, 0.2) is 0 Å². The van der Waals surface area contributed by atoms with Gasteiger partial charge in [0.25, 0.3) is 0 Å². The van der Waals surface area contributed by atoms with Gasteiger partial charge in [0.15, 0.2) is 0 Å². The van der Waals surface area contributed by atoms with Gasteiger partial charge in [-0.1, -0.05) is 20.8 Å². The summed E-state index contributed by atoms with van der Waals surface area (Å²) in [6.07, 6.45) is 2.32. The van der Waals surface area contributed by atoms with Gasteiger partial charge in [-0.25, -0.2) is 0 Å². The number of amides is 1. The zero-order valence-corrected chi connectivity index (χ0v) is 10.5. The molecule has 0 aromatic carbocycles. The molecule has 0 spiro atoms. The summed E-state index contributed by atoms with van der Waals surface area (Å²) in [4.78, 5) is 13.2. The summed E-state index contributed by atoms with van der Waals surface area (Å²) in [5.74, 6) is 0.206. The van der Waals surface area contributed by atoms with Crippen molar-refractivity contribution < 1.29 is 4.79 Å². The van der Waals surface area contributed by atoms with E-state index in [9.17, 15) is 4.79 Å². The van der Waals surface area contributed by atoms with Crippen LogP contribution in [0.2, 0.25) is 0 Å². The molecule has 1 N–H and O–H groups in total. The highest BCUT2D eigenvalue weighted by atomic mass is 16.2. The van der Waals surface area contributed by atoms with Crippen molar-refractivity contribution in [2.75, 3.05) is 19.6 Å². The fraction of sp³-hybridized carbons (Fsp3) is 0.917. The van der Waals surface area contributed by atoms with Crippen LogP contribution in [0.25, 0.3) is 0 Å². The van der Waals surface area contributed by atoms with E-state index in [1.807, 2.05) is 4.90 Å². The summed E-state index contributed by atoms with van der Waals surface area (Å²) in [6, 6.07) is 0.488. The molecule has 1 aliphatic rings. The van der Waals surface area contributed by atoms with Crippen molar-refractivity contribution in [1.29, 1.82) is 0 Å². The summed E-state index contributed by atoms with van der Waals surface area (Å²) in [5.41, 5.74) is 0.318. The number of carbonyl (C=O) groups is 1. The predicted molar refractivity (Wildman–Crippen MR) is 62.7 cm³/mol. The second-order valence-electron chi connectivity index (χ2n) is 5.75. The van der Waals surface area contributed by atoms with Gasteiger partial charge in [-0.15, -0.1) is 0 Å². The van der Waals surface area contributed by atoms with Gasteiger partial charge < -0.3 is 10.2 Å². The van der Waals surface area contributed by atoms with E-state index in [4.69, 9.17) is 0 Å². The molecular formula is C12H24N2O. The van der Waals surface area contributed by atoms with Gasteiger partial charge in [0, 0.05) is 32.6 Å². The van der Waals surface area contributed by atoms with Gasteiger partial charge in [-0.3, -0.25) is 4.79 Å². The average molecular weight is 212 g/mol. The van der Waals surface area contributed by atoms with Crippen molar-refractivity contribution in [3.8, 4) is 0 Å². The van der Waals surface area contributed by atoms with Crippen molar-refractivity contribution in [3.05, 3.63) is 0 Å². The molecule has 0 radical (unpaired) electrons. The van der Waals surface area contributed by atoms with Crippen LogP contribution >= 0.6 is 0 Å². The zero-order chi connectivity index (χ0) is 11.5. The largest absolute Gasteiger partial charge is 0.341 e. The monoisotopic (exact) mass is 212 g/mol. The van der Waals surface area contributed by atoms with Gasteiger partial charge in [0.05, 0.1) is 0 Å². The predicted octanol–water partition coefficient (Wildman–Crippen LogP) is 1.63. The molecule has 1 saturated heterocycles. The molecule has 0 aromatic rings. The van der Waals surface area contributed by atoms with Crippen LogP contribution in [-0.2, 0) is 4.79 Å². The minimum Gasteiger partial charge on any atom is -0.341 e. The first-order chi connectivity index (χ1) is 6.88. The average Bonchev–Trinajstić information content (AvgIpc) is 2.14. The second-order valence-corrected chi connectivity index (χ2v) is 5.75. The molecule has 3 nitrogen and oxygen atoms in total. The quantitative estimate of drug-likeness (QED) is 0.754. The minimum atomic E-state index is 0.206. The Bertz CT molecular complexity index is 220. The van der Waals surface area contributed by atoms with E-state index in [1.165, 1.54) is 6.42 Å². The third kappa shape index (κ3) is 4.65. The lowest BCUT2D eigenvalue weighted by Gasteiger charge is -2.34. The molecule has 1 amide bonds. The Balaban J connectivity index is 2.34. The number of carbonyl (C=O) groups excluding carboxylic acids is 1. The molecular weight excluding hydrogens is 188 g/mol. The van der Waals surface area contributed by atoms with Crippen LogP contribution in [0.1, 0.15) is 40.5 Å². The number of hydrogen-bond acceptors (Lipinski definition) is 2. The minimum absolute atomic E-state index is 0.206. The van der Waals surface area contributed by atoms with E-state index < -0.39 is 0 Å². The number of likely N-dealkylation sites (tertiary alicyclic amines) is 1. The maximum absolute atomic E-state index is 11.2. The Morgan fingerprint density at radius 2 is 2.13 bits per heavy atom. The Hall–Kier alpha value is -0.570. The van der Waals surface area contributed by atoms with Gasteiger partial charge in [0.2, 0.25) is 5.91 Å². The lowest BCUT2D eigenvalue weighted by molar-refractivity contribution is -0.130. The van der Waals surface area contributed by atoms with E-state index in [-0.39, 0.29) is 5.91 Å². The molecule has 1 rings (SSSR count). The Kier molecular flexibility index (Phi) is 4.14. The second kappa shape index (κ2) is 4.97. The van der Waals surface area contributed by atoms with Crippen molar-refractivity contribution in [1.82, 2.24) is 10.2 Å². The first-order valence-electron chi connectivity index (χ1n) is 5.87. The van der Waals surface area contributed by atoms with Crippen LogP contribution in [0, 0.1) is 5.41 Å². The topological polar surface area (TPSA) is 32.3 Å². The maximum atomic E-state index is 11.2. The molecule has 0 aromatic heterocycles. The van der Waals surface area contributed by atoms with E-state index in [0.29, 0.717) is 11.5 Å². The van der Waals surface area contributed by atoms with Crippen LogP contribution in [0.5, 0.6) is 0 Å². The third-order valence-electron chi connectivity index (χ3n) is 2.79. The van der Waals surface area contributed by atoms with Crippen LogP contribution < -0.4 is 5.32 Å². The van der Waals surface area contributed by atoms with Crippen molar-refractivity contribution >= 4 is 5.91 Å². The molecule has 0 saturated carbocycles. The molecule has 0 bridgehead atoms. The van der Waals surface area contributed by atoms with E-state index in [1.54, 1.807) is 6.92 Å². The van der Waals surface area contributed by atoms with Crippen LogP contribution in [-0.4, -0.2) is 36.5 Å². The number of rotatable bonds is 2. The molecule has 15 heavy (non-hydrogen) atoms. The number of nitrogens with zero attached hydrogens (tertiary/aromatic N) is 1. The summed E-state index contributed by atoms with van der Waals surface area (Å²) < 4.78 is 0. The Labute approximate surface area is 93.2 Å². The highest BCUT2D eigenvalue weighted by Crippen LogP contribution is 2.14. The Morgan fingerprint density at radius 3 is 2.67 bits per heavy atom. The van der Waals surface area contributed by atoms with Crippen molar-refractivity contribution in [2.24, 2.45) is 5.41 Å². The maximum Gasteiger partial charge on any atom is 0.219 e. The fourth-order valence-corrected chi connectivity index (χ4v) is 1.88. The highest BCUT2D eigenvalue weighted by Gasteiger charge is 2.22. The highest BCUT2D eigenvalue weighted by molar-refractivity contribution is 5.73. The van der Waals surface area contributed by atoms with Crippen LogP contribution in [0.4, 0.5) is 0 Å². The summed E-state index contributed by atoms with van der Waals surface area (Å²) in [7, 11) is 0. The number of hydrogen-bond donors (Lipinski definition) is 1. The molecule has 1 aliphatic heterocycles. The van der Waals surface area contributed by atoms with E-state index in [2.05, 4.69) is 26.1 Å². The third-order valence-corrected chi connectivity index (χ3v) is 2.79. The lowest BCUT2D eigenvalue weighted by Crippen LogP contribution is -2.49. The van der Waals surface area contributed by atoms with Gasteiger partial charge in [-0.2, -0.15) is 0 Å². The normalized spacial score (nSPS) is 22.9. The number of nitrogens with one attached hydrogen (secondary N) is 1. The Morgan fingerprint density at radius 1 is 1.47 bits per heavy atom. The summed E-state index contributed by atoms with van der Waals surface area (Å²) in [5, 5.41) is 3.55. The fourth-order valence-electron chi connectivity index (χ4n) is 1.88. The SMILES string of the molecule is CC(=O)N1CCC[C@@H](NCC(C)(C)C)C1. The van der Waals surface area contributed by atoms with Gasteiger partial charge in [-0.05, 0) is 18.3 Å². The van der Waals surface area contributed by atoms with E-state index in [0.717, 1.165) is 26.1 Å². The van der Waals surface area contributed by atoms with E-state index >= 15 is 0 Å². The van der Waals surface area contributed by atoms with Gasteiger partial charge in [0.1, 0.15) is 0 Å². The molecule has 0 aliphatic carbocycles. The zero-order valence-electron chi connectivity index (χ0n) is 10.5. The first kappa shape index (κ1) is 12.5. The van der Waals surface area contributed by atoms with Crippen molar-refractivity contribution in [3.63, 3.8) is 0 Å². The number of piperidine rings is 1. The molecule has 1 fully saturated rings. The van der Waals surface area contributed by atoms with Crippen molar-refractivity contribution in [2.45, 2.75) is 46.6 Å². The molecule has 3 heteroatoms. The summed E-state index contributed by atoms with van der Waals surface area (Å²) >= 11 is 0. The lowest BCUT2D eigenvalue weighted by atomic mass is 9.95.